The van der Waals surface area contributed by atoms with Crippen LogP contribution in [0.4, 0.5) is 0 Å². The van der Waals surface area contributed by atoms with Crippen LogP contribution >= 0.6 is 0 Å². The molecule has 0 aromatic rings. The summed E-state index contributed by atoms with van der Waals surface area (Å²) in [6.07, 6.45) is 4.04. The lowest BCUT2D eigenvalue weighted by atomic mass is 9.85. The second-order valence-electron chi connectivity index (χ2n) is 3.91. The molecule has 78 valence electrons. The van der Waals surface area contributed by atoms with E-state index in [0.717, 1.165) is 31.0 Å². The van der Waals surface area contributed by atoms with Gasteiger partial charge in [0.25, 0.3) is 0 Å². The van der Waals surface area contributed by atoms with E-state index in [-0.39, 0.29) is 5.92 Å². The summed E-state index contributed by atoms with van der Waals surface area (Å²) < 4.78 is 10.8. The molecule has 1 aliphatic carbocycles. The van der Waals surface area contributed by atoms with Crippen LogP contribution in [0.5, 0.6) is 0 Å². The zero-order valence-electron chi connectivity index (χ0n) is 8.45. The summed E-state index contributed by atoms with van der Waals surface area (Å²) in [5.74, 6) is 1.65. The van der Waals surface area contributed by atoms with Gasteiger partial charge in [0.1, 0.15) is 11.5 Å². The Hall–Kier alpha value is -0.960. The van der Waals surface area contributed by atoms with Gasteiger partial charge in [-0.3, -0.25) is 0 Å². The normalized spacial score (nSPS) is 36.3. The standard InChI is InChI=1S/C11H16O3/c1-3-11(12)7-9(13-2)10-8(11)5-4-6-14-10/h3,8,12H,1,4-7H2,2H3/t8-,11-/m1/s1. The van der Waals surface area contributed by atoms with Gasteiger partial charge in [-0.15, -0.1) is 6.58 Å². The third-order valence-corrected chi connectivity index (χ3v) is 3.13. The SMILES string of the molecule is C=C[C@@]1(O)CC(OC)=C2OCCC[C@H]21. The summed E-state index contributed by atoms with van der Waals surface area (Å²) in [5, 5.41) is 10.3. The Balaban J connectivity index is 2.31. The van der Waals surface area contributed by atoms with Crippen molar-refractivity contribution in [2.75, 3.05) is 13.7 Å². The first-order chi connectivity index (χ1) is 6.71. The molecule has 0 bridgehead atoms. The summed E-state index contributed by atoms with van der Waals surface area (Å²) >= 11 is 0. The van der Waals surface area contributed by atoms with Crippen LogP contribution in [0.3, 0.4) is 0 Å². The van der Waals surface area contributed by atoms with Gasteiger partial charge in [0.15, 0.2) is 0 Å². The molecule has 2 atom stereocenters. The smallest absolute Gasteiger partial charge is 0.140 e. The molecule has 0 unspecified atom stereocenters. The highest BCUT2D eigenvalue weighted by atomic mass is 16.5. The van der Waals surface area contributed by atoms with E-state index in [9.17, 15) is 5.11 Å². The van der Waals surface area contributed by atoms with Crippen molar-refractivity contribution in [1.29, 1.82) is 0 Å². The summed E-state index contributed by atoms with van der Waals surface area (Å²) in [6.45, 7) is 4.41. The van der Waals surface area contributed by atoms with E-state index < -0.39 is 5.60 Å². The molecule has 1 aliphatic heterocycles. The van der Waals surface area contributed by atoms with Gasteiger partial charge < -0.3 is 14.6 Å². The Morgan fingerprint density at radius 3 is 3.14 bits per heavy atom. The maximum Gasteiger partial charge on any atom is 0.140 e. The fraction of sp³-hybridized carbons (Fsp3) is 0.636. The maximum absolute atomic E-state index is 10.3. The Morgan fingerprint density at radius 2 is 2.50 bits per heavy atom. The Bertz CT molecular complexity index is 282. The van der Waals surface area contributed by atoms with Gasteiger partial charge in [-0.2, -0.15) is 0 Å². The van der Waals surface area contributed by atoms with Crippen molar-refractivity contribution < 1.29 is 14.6 Å². The number of fused-ring (bicyclic) bond motifs is 1. The Labute approximate surface area is 84.0 Å². The molecule has 0 aromatic heterocycles. The Kier molecular flexibility index (Phi) is 2.27. The molecule has 1 fully saturated rings. The van der Waals surface area contributed by atoms with Crippen LogP contribution < -0.4 is 0 Å². The molecule has 0 amide bonds. The van der Waals surface area contributed by atoms with Gasteiger partial charge >= 0.3 is 0 Å². The molecule has 0 saturated carbocycles. The summed E-state index contributed by atoms with van der Waals surface area (Å²) in [4.78, 5) is 0. The average Bonchev–Trinajstić information content (AvgIpc) is 2.54. The predicted molar refractivity (Wildman–Crippen MR) is 52.5 cm³/mol. The first-order valence-electron chi connectivity index (χ1n) is 4.97. The van der Waals surface area contributed by atoms with Gasteiger partial charge in [-0.25, -0.2) is 0 Å². The van der Waals surface area contributed by atoms with Crippen molar-refractivity contribution in [2.24, 2.45) is 5.92 Å². The number of rotatable bonds is 2. The van der Waals surface area contributed by atoms with E-state index in [1.165, 1.54) is 0 Å². The Morgan fingerprint density at radius 1 is 1.71 bits per heavy atom. The van der Waals surface area contributed by atoms with Crippen molar-refractivity contribution in [1.82, 2.24) is 0 Å². The van der Waals surface area contributed by atoms with Crippen molar-refractivity contribution in [3.8, 4) is 0 Å². The lowest BCUT2D eigenvalue weighted by Gasteiger charge is -2.30. The van der Waals surface area contributed by atoms with E-state index in [4.69, 9.17) is 9.47 Å². The van der Waals surface area contributed by atoms with E-state index in [0.29, 0.717) is 6.42 Å². The number of ether oxygens (including phenoxy) is 2. The fourth-order valence-electron chi connectivity index (χ4n) is 2.31. The minimum absolute atomic E-state index is 0.0451. The minimum atomic E-state index is -0.860. The number of hydrogen-bond acceptors (Lipinski definition) is 3. The first kappa shape index (κ1) is 9.59. The van der Waals surface area contributed by atoms with Crippen LogP contribution in [-0.4, -0.2) is 24.4 Å². The number of hydrogen-bond donors (Lipinski definition) is 1. The predicted octanol–water partition coefficient (Wildman–Crippen LogP) is 1.59. The molecular weight excluding hydrogens is 180 g/mol. The van der Waals surface area contributed by atoms with Gasteiger partial charge in [0, 0.05) is 6.42 Å². The second-order valence-corrected chi connectivity index (χ2v) is 3.91. The number of aliphatic hydroxyl groups is 1. The first-order valence-corrected chi connectivity index (χ1v) is 4.97. The van der Waals surface area contributed by atoms with E-state index in [1.807, 2.05) is 0 Å². The average molecular weight is 196 g/mol. The molecule has 14 heavy (non-hydrogen) atoms. The van der Waals surface area contributed by atoms with Crippen LogP contribution in [0.1, 0.15) is 19.3 Å². The van der Waals surface area contributed by atoms with Crippen molar-refractivity contribution >= 4 is 0 Å². The third-order valence-electron chi connectivity index (χ3n) is 3.13. The highest BCUT2D eigenvalue weighted by Crippen LogP contribution is 2.46. The lowest BCUT2D eigenvalue weighted by Crippen LogP contribution is -2.34. The van der Waals surface area contributed by atoms with E-state index in [1.54, 1.807) is 13.2 Å². The molecule has 3 nitrogen and oxygen atoms in total. The van der Waals surface area contributed by atoms with Gasteiger partial charge in [-0.05, 0) is 12.8 Å². The zero-order chi connectivity index (χ0) is 10.2. The summed E-state index contributed by atoms with van der Waals surface area (Å²) in [6, 6.07) is 0. The molecule has 1 heterocycles. The molecule has 1 saturated heterocycles. The van der Waals surface area contributed by atoms with E-state index >= 15 is 0 Å². The fourth-order valence-corrected chi connectivity index (χ4v) is 2.31. The topological polar surface area (TPSA) is 38.7 Å². The minimum Gasteiger partial charge on any atom is -0.497 e. The van der Waals surface area contributed by atoms with Crippen LogP contribution in [0, 0.1) is 5.92 Å². The van der Waals surface area contributed by atoms with Crippen LogP contribution in [0.2, 0.25) is 0 Å². The van der Waals surface area contributed by atoms with Crippen LogP contribution in [-0.2, 0) is 9.47 Å². The maximum atomic E-state index is 10.3. The molecule has 3 heteroatoms. The highest BCUT2D eigenvalue weighted by Gasteiger charge is 2.47. The molecule has 1 N–H and O–H groups in total. The van der Waals surface area contributed by atoms with Crippen molar-refractivity contribution in [3.63, 3.8) is 0 Å². The number of methoxy groups -OCH3 is 1. The molecule has 0 aromatic carbocycles. The summed E-state index contributed by atoms with van der Waals surface area (Å²) in [7, 11) is 1.62. The van der Waals surface area contributed by atoms with Gasteiger partial charge in [-0.1, -0.05) is 6.08 Å². The summed E-state index contributed by atoms with van der Waals surface area (Å²) in [5.41, 5.74) is -0.860. The highest BCUT2D eigenvalue weighted by molar-refractivity contribution is 5.27. The molecule has 2 aliphatic rings. The quantitative estimate of drug-likeness (QED) is 0.682. The largest absolute Gasteiger partial charge is 0.497 e. The van der Waals surface area contributed by atoms with Crippen LogP contribution in [0.25, 0.3) is 0 Å². The zero-order valence-corrected chi connectivity index (χ0v) is 8.45. The van der Waals surface area contributed by atoms with Crippen molar-refractivity contribution in [3.05, 3.63) is 24.2 Å². The second kappa shape index (κ2) is 3.31. The van der Waals surface area contributed by atoms with Crippen molar-refractivity contribution in [2.45, 2.75) is 24.9 Å². The van der Waals surface area contributed by atoms with Gasteiger partial charge in [0.05, 0.1) is 25.2 Å². The molecular formula is C11H16O3. The van der Waals surface area contributed by atoms with E-state index in [2.05, 4.69) is 6.58 Å². The third kappa shape index (κ3) is 1.23. The van der Waals surface area contributed by atoms with Crippen LogP contribution in [0.15, 0.2) is 24.2 Å². The monoisotopic (exact) mass is 196 g/mol. The lowest BCUT2D eigenvalue weighted by molar-refractivity contribution is 0.00916. The van der Waals surface area contributed by atoms with Gasteiger partial charge in [0.2, 0.25) is 0 Å². The molecule has 2 rings (SSSR count). The molecule has 0 radical (unpaired) electrons. The molecule has 0 spiro atoms.